The molecule has 0 spiro atoms. The number of aromatic nitrogens is 4. The standard InChI is InChI=1S/C27H31N9O7S2/c1-27(2,25(41)42)43-32-17(20-31-26(28)45-33-20)21(37)30-18-22(38)36-19(24(39)40)14(13-44-23(18)36)12-35-9-4-6-15-16(35)7-11-34(15)10-5-8-29-3/h4,6-7,9,11,18,23,29H,5,8,10,12-13H2,1-3H3,(H4-,28,30,31,33,37,39,40,41,42)/p+1/b32-17-. The van der Waals surface area contributed by atoms with Crippen LogP contribution in [-0.4, -0.2) is 94.9 Å². The van der Waals surface area contributed by atoms with E-state index in [0.29, 0.717) is 11.3 Å². The normalized spacial score (nSPS) is 18.5. The number of hydrogen-bond donors (Lipinski definition) is 5. The number of nitrogen functional groups attached to an aromatic ring is 1. The van der Waals surface area contributed by atoms with E-state index >= 15 is 0 Å². The highest BCUT2D eigenvalue weighted by molar-refractivity contribution is 8.00. The summed E-state index contributed by atoms with van der Waals surface area (Å²) in [5.74, 6) is -4.03. The van der Waals surface area contributed by atoms with Gasteiger partial charge in [0.2, 0.25) is 22.7 Å². The third-order valence-corrected chi connectivity index (χ3v) is 9.17. The molecule has 3 aromatic heterocycles. The Morgan fingerprint density at radius 3 is 2.73 bits per heavy atom. The summed E-state index contributed by atoms with van der Waals surface area (Å²) in [6, 6.07) is 4.81. The number of hydrogen-bond acceptors (Lipinski definition) is 12. The van der Waals surface area contributed by atoms with E-state index in [2.05, 4.69) is 29.7 Å². The second kappa shape index (κ2) is 12.8. The maximum absolute atomic E-state index is 13.3. The molecule has 2 aliphatic heterocycles. The van der Waals surface area contributed by atoms with E-state index in [1.165, 1.54) is 30.5 Å². The molecule has 0 aliphatic carbocycles. The fourth-order valence-corrected chi connectivity index (χ4v) is 6.68. The smallest absolute Gasteiger partial charge is 0.352 e. The number of carboxylic acid groups (broad SMARTS) is 2. The molecule has 0 aromatic carbocycles. The van der Waals surface area contributed by atoms with Gasteiger partial charge in [-0.1, -0.05) is 5.16 Å². The van der Waals surface area contributed by atoms with E-state index in [4.69, 9.17) is 10.6 Å². The van der Waals surface area contributed by atoms with Crippen LogP contribution in [0.15, 0.2) is 47.0 Å². The minimum absolute atomic E-state index is 0.0272. The summed E-state index contributed by atoms with van der Waals surface area (Å²) < 4.78 is 8.06. The van der Waals surface area contributed by atoms with Crippen LogP contribution in [0.5, 0.6) is 0 Å². The van der Waals surface area contributed by atoms with E-state index in [-0.39, 0.29) is 23.2 Å². The number of aliphatic carboxylic acids is 2. The van der Waals surface area contributed by atoms with Crippen LogP contribution >= 0.6 is 23.3 Å². The van der Waals surface area contributed by atoms with Crippen molar-refractivity contribution >= 4 is 68.9 Å². The fraction of sp³-hybridized carbons (Fsp3) is 0.407. The number of aryl methyl sites for hydroxylation is 1. The Kier molecular flexibility index (Phi) is 9.08. The van der Waals surface area contributed by atoms with E-state index in [9.17, 15) is 29.4 Å². The summed E-state index contributed by atoms with van der Waals surface area (Å²) in [4.78, 5) is 60.8. The Morgan fingerprint density at radius 2 is 2.07 bits per heavy atom. The average Bonchev–Trinajstić information content (AvgIpc) is 3.62. The molecule has 0 saturated carbocycles. The molecule has 2 unspecified atom stereocenters. The molecule has 3 aromatic rings. The lowest BCUT2D eigenvalue weighted by atomic mass is 10.0. The Hall–Kier alpha value is -4.55. The summed E-state index contributed by atoms with van der Waals surface area (Å²) in [7, 11) is 1.91. The number of rotatable bonds is 13. The van der Waals surface area contributed by atoms with Gasteiger partial charge in [-0.2, -0.15) is 13.9 Å². The van der Waals surface area contributed by atoms with Crippen molar-refractivity contribution in [1.29, 1.82) is 0 Å². The molecule has 1 saturated heterocycles. The first kappa shape index (κ1) is 31.9. The second-order valence-electron chi connectivity index (χ2n) is 10.8. The van der Waals surface area contributed by atoms with E-state index < -0.39 is 46.5 Å². The first-order valence-electron chi connectivity index (χ1n) is 13.8. The monoisotopic (exact) mass is 658 g/mol. The van der Waals surface area contributed by atoms with Gasteiger partial charge in [0, 0.05) is 47.7 Å². The highest BCUT2D eigenvalue weighted by Crippen LogP contribution is 2.40. The molecule has 1 fully saturated rings. The lowest BCUT2D eigenvalue weighted by Crippen LogP contribution is -2.71. The third-order valence-electron chi connectivity index (χ3n) is 7.29. The van der Waals surface area contributed by atoms with Crippen molar-refractivity contribution in [2.75, 3.05) is 25.1 Å². The van der Waals surface area contributed by atoms with Gasteiger partial charge in [0.25, 0.3) is 11.8 Å². The molecular formula is C27H32N9O7S2+. The minimum Gasteiger partial charge on any atom is -0.478 e. The quantitative estimate of drug-likeness (QED) is 0.0539. The van der Waals surface area contributed by atoms with Crippen LogP contribution < -0.4 is 20.9 Å². The van der Waals surface area contributed by atoms with Gasteiger partial charge >= 0.3 is 11.9 Å². The molecule has 0 radical (unpaired) electrons. The van der Waals surface area contributed by atoms with Crippen LogP contribution in [0.2, 0.25) is 0 Å². The summed E-state index contributed by atoms with van der Waals surface area (Å²) in [6.07, 6.45) is 4.82. The molecule has 2 atom stereocenters. The zero-order chi connectivity index (χ0) is 32.5. The Labute approximate surface area is 265 Å². The molecule has 2 aliphatic rings. The lowest BCUT2D eigenvalue weighted by molar-refractivity contribution is -0.663. The van der Waals surface area contributed by atoms with E-state index in [1.54, 1.807) is 0 Å². The van der Waals surface area contributed by atoms with Gasteiger partial charge in [0.15, 0.2) is 17.9 Å². The second-order valence-corrected chi connectivity index (χ2v) is 12.7. The SMILES string of the molecule is CNCCCn1ccc2c1ccc[n+]2CC1=C(C(=O)O)N2C(=O)C(NC(=O)/C(=N\OC(C)(C)C(=O)O)c3nsc(N)n3)C2SC1. The van der Waals surface area contributed by atoms with Gasteiger partial charge in [-0.25, -0.2) is 9.59 Å². The highest BCUT2D eigenvalue weighted by Gasteiger charge is 2.55. The summed E-state index contributed by atoms with van der Waals surface area (Å²) >= 11 is 2.10. The van der Waals surface area contributed by atoms with Gasteiger partial charge in [-0.05, 0) is 39.9 Å². The maximum atomic E-state index is 13.3. The van der Waals surface area contributed by atoms with Gasteiger partial charge < -0.3 is 36.0 Å². The molecule has 45 heavy (non-hydrogen) atoms. The molecular weight excluding hydrogens is 626 g/mol. The number of thioether (sulfide) groups is 1. The number of amides is 2. The number of carbonyl (C=O) groups excluding carboxylic acids is 2. The van der Waals surface area contributed by atoms with Crippen molar-refractivity contribution in [3.63, 3.8) is 0 Å². The van der Waals surface area contributed by atoms with Crippen molar-refractivity contribution < 1.29 is 38.8 Å². The number of carboxylic acids is 2. The maximum Gasteiger partial charge on any atom is 0.352 e. The zero-order valence-electron chi connectivity index (χ0n) is 24.6. The highest BCUT2D eigenvalue weighted by atomic mass is 32.2. The first-order valence-corrected chi connectivity index (χ1v) is 15.7. The van der Waals surface area contributed by atoms with Crippen molar-refractivity contribution in [3.05, 3.63) is 47.7 Å². The molecule has 2 amide bonds. The average molecular weight is 659 g/mol. The third kappa shape index (κ3) is 6.34. The molecule has 18 heteroatoms. The number of anilines is 1. The molecule has 0 bridgehead atoms. The van der Waals surface area contributed by atoms with Crippen LogP contribution in [0.25, 0.3) is 11.0 Å². The topological polar surface area (TPSA) is 218 Å². The number of nitrogens with two attached hydrogens (primary N) is 1. The van der Waals surface area contributed by atoms with Crippen LogP contribution in [0.4, 0.5) is 5.13 Å². The summed E-state index contributed by atoms with van der Waals surface area (Å²) in [5.41, 5.74) is 5.76. The van der Waals surface area contributed by atoms with Crippen LogP contribution in [0.1, 0.15) is 26.1 Å². The summed E-state index contributed by atoms with van der Waals surface area (Å²) in [6.45, 7) is 4.43. The number of β-lactam (4-membered cyclic amide) rings is 1. The minimum atomic E-state index is -1.79. The van der Waals surface area contributed by atoms with Gasteiger partial charge in [-0.15, -0.1) is 11.8 Å². The fourth-order valence-electron chi connectivity index (χ4n) is 4.91. The van der Waals surface area contributed by atoms with Crippen LogP contribution in [0.3, 0.4) is 0 Å². The summed E-state index contributed by atoms with van der Waals surface area (Å²) in [5, 5.41) is 28.3. The number of oxime groups is 1. The zero-order valence-corrected chi connectivity index (χ0v) is 26.2. The van der Waals surface area contributed by atoms with Crippen molar-refractivity contribution in [2.45, 2.75) is 50.4 Å². The van der Waals surface area contributed by atoms with Crippen LogP contribution in [-0.2, 0) is 37.1 Å². The van der Waals surface area contributed by atoms with Gasteiger partial charge in [0.05, 0.1) is 0 Å². The largest absolute Gasteiger partial charge is 0.478 e. The van der Waals surface area contributed by atoms with Gasteiger partial charge in [-0.3, -0.25) is 14.5 Å². The number of nitrogens with one attached hydrogen (secondary N) is 2. The predicted octanol–water partition coefficient (Wildman–Crippen LogP) is -0.00530. The number of nitrogens with zero attached hydrogens (tertiary/aromatic N) is 6. The molecule has 238 valence electrons. The van der Waals surface area contributed by atoms with Gasteiger partial charge in [0.1, 0.15) is 22.6 Å². The van der Waals surface area contributed by atoms with E-state index in [0.717, 1.165) is 42.1 Å². The molecule has 6 N–H and O–H groups in total. The lowest BCUT2D eigenvalue weighted by Gasteiger charge is -2.49. The van der Waals surface area contributed by atoms with E-state index in [1.807, 2.05) is 42.2 Å². The first-order chi connectivity index (χ1) is 21.4. The van der Waals surface area contributed by atoms with Crippen molar-refractivity contribution in [2.24, 2.45) is 5.16 Å². The number of pyridine rings is 1. The predicted molar refractivity (Wildman–Crippen MR) is 164 cm³/mol. The molecule has 5 heterocycles. The molecule has 5 rings (SSSR count). The van der Waals surface area contributed by atoms with Crippen molar-refractivity contribution in [1.82, 2.24) is 29.5 Å². The number of carbonyl (C=O) groups is 4. The molecule has 16 nitrogen and oxygen atoms in total. The Bertz CT molecular complexity index is 1730. The number of fused-ring (bicyclic) bond motifs is 2. The van der Waals surface area contributed by atoms with Crippen LogP contribution in [0, 0.1) is 0 Å². The van der Waals surface area contributed by atoms with Crippen molar-refractivity contribution in [3.8, 4) is 0 Å². The Morgan fingerprint density at radius 1 is 1.29 bits per heavy atom. The Balaban J connectivity index is 1.36.